The second kappa shape index (κ2) is 6.24. The van der Waals surface area contributed by atoms with E-state index in [9.17, 15) is 0 Å². The fraction of sp³-hybridized carbons (Fsp3) is 0.545. The van der Waals surface area contributed by atoms with Crippen LogP contribution in [0.3, 0.4) is 0 Å². The molecule has 3 heteroatoms. The van der Waals surface area contributed by atoms with Crippen molar-refractivity contribution in [3.8, 4) is 0 Å². The molecule has 3 nitrogen and oxygen atoms in total. The minimum absolute atomic E-state index is 0.908. The van der Waals surface area contributed by atoms with E-state index < -0.39 is 0 Å². The summed E-state index contributed by atoms with van der Waals surface area (Å²) < 4.78 is 0. The maximum absolute atomic E-state index is 4.37. The first-order chi connectivity index (χ1) is 6.86. The Balaban J connectivity index is 2.34. The van der Waals surface area contributed by atoms with Gasteiger partial charge >= 0.3 is 0 Å². The lowest BCUT2D eigenvalue weighted by Crippen LogP contribution is -2.04. The summed E-state index contributed by atoms with van der Waals surface area (Å²) in [6, 6.07) is 5.95. The molecule has 0 bridgehead atoms. The third kappa shape index (κ3) is 3.64. The van der Waals surface area contributed by atoms with E-state index in [4.69, 9.17) is 0 Å². The zero-order chi connectivity index (χ0) is 10.2. The Morgan fingerprint density at radius 2 is 2.00 bits per heavy atom. The number of unbranched alkanes of at least 4 members (excludes halogenated alkanes) is 2. The normalized spacial score (nSPS) is 9.86. The summed E-state index contributed by atoms with van der Waals surface area (Å²) in [6.07, 6.45) is 3.74. The highest BCUT2D eigenvalue weighted by Gasteiger charge is 1.94. The molecule has 0 aliphatic heterocycles. The molecule has 0 saturated carbocycles. The molecule has 0 radical (unpaired) electrons. The molecule has 1 heterocycles. The number of nitrogens with zero attached hydrogens (tertiary/aromatic N) is 1. The number of anilines is 2. The molecule has 1 aromatic rings. The van der Waals surface area contributed by atoms with E-state index in [1.54, 1.807) is 0 Å². The van der Waals surface area contributed by atoms with Crippen LogP contribution in [0.2, 0.25) is 0 Å². The van der Waals surface area contributed by atoms with Crippen LogP contribution in [0.1, 0.15) is 26.2 Å². The molecule has 78 valence electrons. The number of hydrogen-bond acceptors (Lipinski definition) is 3. The van der Waals surface area contributed by atoms with Crippen molar-refractivity contribution in [2.45, 2.75) is 26.2 Å². The van der Waals surface area contributed by atoms with Crippen molar-refractivity contribution in [2.24, 2.45) is 0 Å². The van der Waals surface area contributed by atoms with Crippen LogP contribution in [-0.2, 0) is 0 Å². The van der Waals surface area contributed by atoms with Gasteiger partial charge < -0.3 is 10.6 Å². The molecule has 0 saturated heterocycles. The zero-order valence-corrected chi connectivity index (χ0v) is 9.01. The minimum Gasteiger partial charge on any atom is -0.373 e. The van der Waals surface area contributed by atoms with Crippen LogP contribution in [0.4, 0.5) is 11.6 Å². The zero-order valence-electron chi connectivity index (χ0n) is 9.01. The van der Waals surface area contributed by atoms with Gasteiger partial charge in [0.15, 0.2) is 0 Å². The monoisotopic (exact) mass is 193 g/mol. The summed E-state index contributed by atoms with van der Waals surface area (Å²) in [5.74, 6) is 1.86. The second-order valence-electron chi connectivity index (χ2n) is 3.29. The van der Waals surface area contributed by atoms with Crippen LogP contribution in [0.5, 0.6) is 0 Å². The fourth-order valence-electron chi connectivity index (χ4n) is 1.26. The molecule has 1 aromatic heterocycles. The summed E-state index contributed by atoms with van der Waals surface area (Å²) in [6.45, 7) is 3.22. The van der Waals surface area contributed by atoms with Gasteiger partial charge in [-0.3, -0.25) is 0 Å². The lowest BCUT2D eigenvalue weighted by molar-refractivity contribution is 0.742. The van der Waals surface area contributed by atoms with Gasteiger partial charge in [0.25, 0.3) is 0 Å². The fourth-order valence-corrected chi connectivity index (χ4v) is 1.26. The maximum Gasteiger partial charge on any atom is 0.128 e. The summed E-state index contributed by atoms with van der Waals surface area (Å²) in [5, 5.41) is 6.32. The Kier molecular flexibility index (Phi) is 4.83. The molecule has 2 N–H and O–H groups in total. The van der Waals surface area contributed by atoms with Crippen LogP contribution >= 0.6 is 0 Å². The van der Waals surface area contributed by atoms with Gasteiger partial charge in [-0.1, -0.05) is 25.8 Å². The molecule has 0 amide bonds. The van der Waals surface area contributed by atoms with Gasteiger partial charge in [0.2, 0.25) is 0 Å². The highest BCUT2D eigenvalue weighted by molar-refractivity contribution is 5.44. The minimum atomic E-state index is 0.908. The smallest absolute Gasteiger partial charge is 0.128 e. The average molecular weight is 193 g/mol. The number of nitrogens with one attached hydrogen (secondary N) is 2. The van der Waals surface area contributed by atoms with Crippen LogP contribution in [0.15, 0.2) is 18.2 Å². The number of hydrogen-bond donors (Lipinski definition) is 2. The molecule has 0 atom stereocenters. The molecule has 0 aromatic carbocycles. The average Bonchev–Trinajstić information content (AvgIpc) is 2.25. The van der Waals surface area contributed by atoms with Crippen molar-refractivity contribution >= 4 is 11.6 Å². The Hall–Kier alpha value is -1.25. The lowest BCUT2D eigenvalue weighted by Gasteiger charge is -2.06. The predicted molar refractivity (Wildman–Crippen MR) is 61.8 cm³/mol. The largest absolute Gasteiger partial charge is 0.373 e. The SMILES string of the molecule is CCCCCNc1cccc(NC)n1. The van der Waals surface area contributed by atoms with E-state index in [1.807, 2.05) is 25.2 Å². The quantitative estimate of drug-likeness (QED) is 0.682. The van der Waals surface area contributed by atoms with E-state index in [0.29, 0.717) is 0 Å². The summed E-state index contributed by atoms with van der Waals surface area (Å²) in [5.41, 5.74) is 0. The lowest BCUT2D eigenvalue weighted by atomic mass is 10.2. The van der Waals surface area contributed by atoms with Crippen LogP contribution < -0.4 is 10.6 Å². The van der Waals surface area contributed by atoms with E-state index in [0.717, 1.165) is 18.2 Å². The third-order valence-electron chi connectivity index (χ3n) is 2.09. The molecule has 1 rings (SSSR count). The van der Waals surface area contributed by atoms with Crippen LogP contribution in [-0.4, -0.2) is 18.6 Å². The second-order valence-corrected chi connectivity index (χ2v) is 3.29. The van der Waals surface area contributed by atoms with Crippen molar-refractivity contribution in [1.29, 1.82) is 0 Å². The Morgan fingerprint density at radius 3 is 2.71 bits per heavy atom. The predicted octanol–water partition coefficient (Wildman–Crippen LogP) is 2.73. The highest BCUT2D eigenvalue weighted by Crippen LogP contribution is 2.08. The third-order valence-corrected chi connectivity index (χ3v) is 2.09. The highest BCUT2D eigenvalue weighted by atomic mass is 15.0. The van der Waals surface area contributed by atoms with Crippen molar-refractivity contribution in [2.75, 3.05) is 24.2 Å². The van der Waals surface area contributed by atoms with Crippen LogP contribution in [0, 0.1) is 0 Å². The van der Waals surface area contributed by atoms with Gasteiger partial charge in [-0.05, 0) is 18.6 Å². The van der Waals surface area contributed by atoms with E-state index in [2.05, 4.69) is 22.5 Å². The van der Waals surface area contributed by atoms with Gasteiger partial charge in [0, 0.05) is 13.6 Å². The van der Waals surface area contributed by atoms with Gasteiger partial charge in [0.05, 0.1) is 0 Å². The first-order valence-corrected chi connectivity index (χ1v) is 5.25. The van der Waals surface area contributed by atoms with Gasteiger partial charge in [-0.2, -0.15) is 0 Å². The molecule has 14 heavy (non-hydrogen) atoms. The van der Waals surface area contributed by atoms with Crippen molar-refractivity contribution < 1.29 is 0 Å². The number of pyridine rings is 1. The molecule has 0 aliphatic rings. The summed E-state index contributed by atoms with van der Waals surface area (Å²) in [4.78, 5) is 4.37. The standard InChI is InChI=1S/C11H19N3/c1-3-4-5-9-13-11-8-6-7-10(12-2)14-11/h6-8H,3-5,9H2,1-2H3,(H2,12,13,14). The Bertz CT molecular complexity index is 260. The molecular weight excluding hydrogens is 174 g/mol. The van der Waals surface area contributed by atoms with E-state index in [1.165, 1.54) is 19.3 Å². The van der Waals surface area contributed by atoms with Gasteiger partial charge in [-0.15, -0.1) is 0 Å². The molecule has 0 unspecified atom stereocenters. The topological polar surface area (TPSA) is 37.0 Å². The van der Waals surface area contributed by atoms with Gasteiger partial charge in [0.1, 0.15) is 11.6 Å². The van der Waals surface area contributed by atoms with Crippen molar-refractivity contribution in [3.05, 3.63) is 18.2 Å². The Morgan fingerprint density at radius 1 is 1.21 bits per heavy atom. The number of rotatable bonds is 6. The van der Waals surface area contributed by atoms with Crippen LogP contribution in [0.25, 0.3) is 0 Å². The van der Waals surface area contributed by atoms with E-state index >= 15 is 0 Å². The summed E-state index contributed by atoms with van der Waals surface area (Å²) >= 11 is 0. The van der Waals surface area contributed by atoms with Crippen molar-refractivity contribution in [1.82, 2.24) is 4.98 Å². The first kappa shape index (κ1) is 10.8. The molecule has 0 aliphatic carbocycles. The Labute approximate surface area is 85.9 Å². The molecular formula is C11H19N3. The first-order valence-electron chi connectivity index (χ1n) is 5.25. The molecule has 0 fully saturated rings. The van der Waals surface area contributed by atoms with Crippen molar-refractivity contribution in [3.63, 3.8) is 0 Å². The molecule has 0 spiro atoms. The van der Waals surface area contributed by atoms with Gasteiger partial charge in [-0.25, -0.2) is 4.98 Å². The van der Waals surface area contributed by atoms with E-state index in [-0.39, 0.29) is 0 Å². The summed E-state index contributed by atoms with van der Waals surface area (Å²) in [7, 11) is 1.88. The number of aromatic nitrogens is 1. The maximum atomic E-state index is 4.37.